The topological polar surface area (TPSA) is 106 Å². The maximum absolute atomic E-state index is 13.2. The van der Waals surface area contributed by atoms with Crippen LogP contribution in [0.2, 0.25) is 0 Å². The van der Waals surface area contributed by atoms with Crippen LogP contribution in [0.3, 0.4) is 0 Å². The Hall–Kier alpha value is -4.60. The first-order chi connectivity index (χ1) is 17.4. The zero-order chi connectivity index (χ0) is 25.4. The van der Waals surface area contributed by atoms with Gasteiger partial charge in [-0.2, -0.15) is 10.1 Å². The fraction of sp³-hybridized carbons (Fsp3) is 0.231. The fourth-order valence-corrected chi connectivity index (χ4v) is 3.98. The number of aryl methyl sites for hydroxylation is 2. The number of nitrogens with zero attached hydrogens (tertiary/aromatic N) is 5. The standard InChI is InChI=1S/C26H25N5O5/c1-15-6-7-17(10-16(15)2)19-13-20-26(32)30(8-9-31(20)28-19)14-23-27-25(29-36-23)18-11-21(33-3)24(35-5)22(12-18)34-4/h6-13H,14H2,1-5H3. The van der Waals surface area contributed by atoms with Crippen molar-refractivity contribution in [1.82, 2.24) is 24.3 Å². The molecule has 0 radical (unpaired) electrons. The highest BCUT2D eigenvalue weighted by Crippen LogP contribution is 2.40. The molecule has 3 aromatic heterocycles. The van der Waals surface area contributed by atoms with E-state index >= 15 is 0 Å². The van der Waals surface area contributed by atoms with Gasteiger partial charge in [-0.1, -0.05) is 17.3 Å². The van der Waals surface area contributed by atoms with E-state index in [1.807, 2.05) is 12.1 Å². The van der Waals surface area contributed by atoms with Crippen molar-refractivity contribution in [3.63, 3.8) is 0 Å². The normalized spacial score (nSPS) is 11.1. The first-order valence-corrected chi connectivity index (χ1v) is 11.2. The molecular formula is C26H25N5O5. The predicted molar refractivity (Wildman–Crippen MR) is 133 cm³/mol. The molecule has 10 heteroatoms. The van der Waals surface area contributed by atoms with Crippen molar-refractivity contribution in [2.24, 2.45) is 0 Å². The Kier molecular flexibility index (Phi) is 5.93. The lowest BCUT2D eigenvalue weighted by molar-refractivity contribution is 0.324. The molecule has 184 valence electrons. The van der Waals surface area contributed by atoms with E-state index in [4.69, 9.17) is 18.7 Å². The van der Waals surface area contributed by atoms with E-state index in [1.165, 1.54) is 37.0 Å². The monoisotopic (exact) mass is 487 g/mol. The summed E-state index contributed by atoms with van der Waals surface area (Å²) in [5.41, 5.74) is 4.92. The summed E-state index contributed by atoms with van der Waals surface area (Å²) in [4.78, 5) is 17.6. The van der Waals surface area contributed by atoms with Crippen molar-refractivity contribution in [2.45, 2.75) is 20.4 Å². The summed E-state index contributed by atoms with van der Waals surface area (Å²) >= 11 is 0. The first-order valence-electron chi connectivity index (χ1n) is 11.2. The van der Waals surface area contributed by atoms with Gasteiger partial charge in [-0.05, 0) is 49.2 Å². The van der Waals surface area contributed by atoms with Gasteiger partial charge >= 0.3 is 0 Å². The van der Waals surface area contributed by atoms with Crippen molar-refractivity contribution in [3.05, 3.63) is 76.2 Å². The minimum Gasteiger partial charge on any atom is -0.493 e. The van der Waals surface area contributed by atoms with Crippen molar-refractivity contribution in [1.29, 1.82) is 0 Å². The zero-order valence-electron chi connectivity index (χ0n) is 20.6. The quantitative estimate of drug-likeness (QED) is 0.340. The number of ether oxygens (including phenoxy) is 3. The van der Waals surface area contributed by atoms with Gasteiger partial charge in [-0.15, -0.1) is 0 Å². The van der Waals surface area contributed by atoms with Gasteiger partial charge in [-0.3, -0.25) is 4.79 Å². The summed E-state index contributed by atoms with van der Waals surface area (Å²) in [6, 6.07) is 11.4. The number of hydrogen-bond acceptors (Lipinski definition) is 8. The van der Waals surface area contributed by atoms with E-state index in [-0.39, 0.29) is 18.0 Å². The Bertz CT molecular complexity index is 1610. The van der Waals surface area contributed by atoms with Gasteiger partial charge in [0.15, 0.2) is 11.5 Å². The van der Waals surface area contributed by atoms with Gasteiger partial charge in [0.2, 0.25) is 17.5 Å². The van der Waals surface area contributed by atoms with Crippen LogP contribution in [0.15, 0.2) is 58.1 Å². The molecule has 5 rings (SSSR count). The van der Waals surface area contributed by atoms with Gasteiger partial charge in [0.25, 0.3) is 5.56 Å². The predicted octanol–water partition coefficient (Wildman–Crippen LogP) is 3.90. The summed E-state index contributed by atoms with van der Waals surface area (Å²) in [7, 11) is 4.60. The molecule has 0 aliphatic heterocycles. The number of methoxy groups -OCH3 is 3. The summed E-state index contributed by atoms with van der Waals surface area (Å²) in [5, 5.41) is 8.64. The number of benzene rings is 2. The smallest absolute Gasteiger partial charge is 0.277 e. The molecule has 0 amide bonds. The summed E-state index contributed by atoms with van der Waals surface area (Å²) in [6.07, 6.45) is 3.38. The summed E-state index contributed by atoms with van der Waals surface area (Å²) < 4.78 is 24.7. The number of hydrogen-bond donors (Lipinski definition) is 0. The zero-order valence-corrected chi connectivity index (χ0v) is 20.6. The van der Waals surface area contributed by atoms with Crippen LogP contribution in [0, 0.1) is 13.8 Å². The highest BCUT2D eigenvalue weighted by atomic mass is 16.5. The molecule has 36 heavy (non-hydrogen) atoms. The van der Waals surface area contributed by atoms with Gasteiger partial charge in [0, 0.05) is 23.5 Å². The van der Waals surface area contributed by atoms with Crippen LogP contribution in [0.25, 0.3) is 28.2 Å². The lowest BCUT2D eigenvalue weighted by Crippen LogP contribution is -2.21. The lowest BCUT2D eigenvalue weighted by Gasteiger charge is -2.12. The third-order valence-electron chi connectivity index (χ3n) is 6.10. The van der Waals surface area contributed by atoms with E-state index in [2.05, 4.69) is 35.2 Å². The molecule has 0 saturated heterocycles. The second-order valence-corrected chi connectivity index (χ2v) is 8.32. The molecule has 10 nitrogen and oxygen atoms in total. The van der Waals surface area contributed by atoms with E-state index in [1.54, 1.807) is 35.1 Å². The molecule has 0 unspecified atom stereocenters. The van der Waals surface area contributed by atoms with Crippen molar-refractivity contribution >= 4 is 5.52 Å². The molecule has 0 aliphatic carbocycles. The van der Waals surface area contributed by atoms with E-state index in [0.717, 1.165) is 11.3 Å². The van der Waals surface area contributed by atoms with Crippen LogP contribution in [0.4, 0.5) is 0 Å². The summed E-state index contributed by atoms with van der Waals surface area (Å²) in [5.74, 6) is 2.02. The van der Waals surface area contributed by atoms with E-state index < -0.39 is 0 Å². The lowest BCUT2D eigenvalue weighted by atomic mass is 10.0. The van der Waals surface area contributed by atoms with Crippen LogP contribution in [0.1, 0.15) is 17.0 Å². The number of aromatic nitrogens is 5. The van der Waals surface area contributed by atoms with Crippen molar-refractivity contribution in [3.8, 4) is 39.9 Å². The maximum atomic E-state index is 13.2. The Balaban J connectivity index is 1.45. The maximum Gasteiger partial charge on any atom is 0.277 e. The first kappa shape index (κ1) is 23.2. The number of rotatable bonds is 7. The SMILES string of the molecule is COc1cc(-c2noc(Cn3ccn4nc(-c5ccc(C)c(C)c5)cc4c3=O)n2)cc(OC)c1OC. The Morgan fingerprint density at radius 3 is 2.31 bits per heavy atom. The molecule has 0 atom stereocenters. The Morgan fingerprint density at radius 2 is 1.64 bits per heavy atom. The second-order valence-electron chi connectivity index (χ2n) is 8.32. The third-order valence-corrected chi connectivity index (χ3v) is 6.10. The molecule has 0 saturated carbocycles. The van der Waals surface area contributed by atoms with E-state index in [0.29, 0.717) is 34.2 Å². The molecular weight excluding hydrogens is 462 g/mol. The van der Waals surface area contributed by atoms with Crippen LogP contribution < -0.4 is 19.8 Å². The number of fused-ring (bicyclic) bond motifs is 1. The second kappa shape index (κ2) is 9.21. The van der Waals surface area contributed by atoms with Crippen molar-refractivity contribution < 1.29 is 18.7 Å². The third kappa shape index (κ3) is 4.06. The molecule has 2 aromatic carbocycles. The minimum atomic E-state index is -0.215. The van der Waals surface area contributed by atoms with Crippen molar-refractivity contribution in [2.75, 3.05) is 21.3 Å². The largest absolute Gasteiger partial charge is 0.493 e. The van der Waals surface area contributed by atoms with Gasteiger partial charge < -0.3 is 23.3 Å². The van der Waals surface area contributed by atoms with Crippen LogP contribution in [-0.2, 0) is 6.54 Å². The highest BCUT2D eigenvalue weighted by molar-refractivity contribution is 5.67. The fourth-order valence-electron chi connectivity index (χ4n) is 3.98. The van der Waals surface area contributed by atoms with Crippen LogP contribution >= 0.6 is 0 Å². The molecule has 0 aliphatic rings. The van der Waals surface area contributed by atoms with Gasteiger partial charge in [0.1, 0.15) is 12.1 Å². The molecule has 0 bridgehead atoms. The molecule has 3 heterocycles. The highest BCUT2D eigenvalue weighted by Gasteiger charge is 2.18. The minimum absolute atomic E-state index is 0.108. The molecule has 5 aromatic rings. The summed E-state index contributed by atoms with van der Waals surface area (Å²) in [6.45, 7) is 4.22. The molecule has 0 spiro atoms. The molecule has 0 N–H and O–H groups in total. The van der Waals surface area contributed by atoms with E-state index in [9.17, 15) is 4.79 Å². The Labute approximate surface area is 206 Å². The Morgan fingerprint density at radius 1 is 0.889 bits per heavy atom. The van der Waals surface area contributed by atoms with Gasteiger partial charge in [-0.25, -0.2) is 4.52 Å². The van der Waals surface area contributed by atoms with Crippen LogP contribution in [0.5, 0.6) is 17.2 Å². The average molecular weight is 488 g/mol. The van der Waals surface area contributed by atoms with Gasteiger partial charge in [0.05, 0.1) is 27.0 Å². The molecule has 0 fully saturated rings. The average Bonchev–Trinajstić information content (AvgIpc) is 3.54. The van der Waals surface area contributed by atoms with Crippen LogP contribution in [-0.4, -0.2) is 45.7 Å².